The van der Waals surface area contributed by atoms with Crippen LogP contribution >= 0.6 is 45.2 Å². The van der Waals surface area contributed by atoms with E-state index in [2.05, 4.69) is 56.2 Å². The summed E-state index contributed by atoms with van der Waals surface area (Å²) in [6.07, 6.45) is 1.63. The molecule has 7 nitrogen and oxygen atoms in total. The Kier molecular flexibility index (Phi) is 7.31. The molecule has 1 aliphatic heterocycles. The molecule has 0 bridgehead atoms. The maximum absolute atomic E-state index is 12.4. The van der Waals surface area contributed by atoms with Crippen molar-refractivity contribution in [2.24, 2.45) is 4.99 Å². The van der Waals surface area contributed by atoms with Gasteiger partial charge in [0, 0.05) is 17.2 Å². The summed E-state index contributed by atoms with van der Waals surface area (Å²) in [7, 11) is 0. The molecule has 1 aliphatic rings. The van der Waals surface area contributed by atoms with Crippen LogP contribution in [-0.2, 0) is 16.1 Å². The Balaban J connectivity index is 1.57. The molecule has 0 saturated carbocycles. The number of carbonyl (C=O) groups is 1. The first-order valence-electron chi connectivity index (χ1n) is 10.2. The SMILES string of the molecule is Cc1cccc(COc2c(I)cc(C=C3N=C(c4ccc(C)c([N+](=O)[O-])c4)OC3=O)cc2I)c1. The van der Waals surface area contributed by atoms with E-state index < -0.39 is 10.9 Å². The Morgan fingerprint density at radius 3 is 2.50 bits per heavy atom. The molecule has 0 aromatic heterocycles. The fourth-order valence-electron chi connectivity index (χ4n) is 3.39. The lowest BCUT2D eigenvalue weighted by Crippen LogP contribution is -2.06. The monoisotopic (exact) mass is 680 g/mol. The van der Waals surface area contributed by atoms with Crippen molar-refractivity contribution in [2.75, 3.05) is 0 Å². The van der Waals surface area contributed by atoms with Gasteiger partial charge < -0.3 is 9.47 Å². The first-order chi connectivity index (χ1) is 16.2. The lowest BCUT2D eigenvalue weighted by atomic mass is 10.1. The molecule has 0 saturated heterocycles. The van der Waals surface area contributed by atoms with E-state index in [1.54, 1.807) is 25.1 Å². The highest BCUT2D eigenvalue weighted by atomic mass is 127. The fourth-order valence-corrected chi connectivity index (χ4v) is 5.52. The molecule has 0 atom stereocenters. The van der Waals surface area contributed by atoms with Crippen LogP contribution in [0.1, 0.15) is 27.8 Å². The highest BCUT2D eigenvalue weighted by molar-refractivity contribution is 14.1. The van der Waals surface area contributed by atoms with E-state index in [1.165, 1.54) is 11.6 Å². The number of benzene rings is 3. The van der Waals surface area contributed by atoms with Gasteiger partial charge in [0.15, 0.2) is 5.70 Å². The van der Waals surface area contributed by atoms with Crippen LogP contribution in [0.5, 0.6) is 5.75 Å². The zero-order chi connectivity index (χ0) is 24.4. The predicted octanol–water partition coefficient (Wildman–Crippen LogP) is 6.34. The third-order valence-electron chi connectivity index (χ3n) is 5.06. The zero-order valence-electron chi connectivity index (χ0n) is 18.2. The van der Waals surface area contributed by atoms with E-state index in [0.29, 0.717) is 17.7 Å². The molecular formula is C25H18I2N2O5. The zero-order valence-corrected chi connectivity index (χ0v) is 22.5. The van der Waals surface area contributed by atoms with Crippen LogP contribution in [0.25, 0.3) is 6.08 Å². The van der Waals surface area contributed by atoms with Crippen molar-refractivity contribution >= 4 is 68.8 Å². The van der Waals surface area contributed by atoms with E-state index in [0.717, 1.165) is 24.0 Å². The quantitative estimate of drug-likeness (QED) is 0.0997. The molecule has 0 unspecified atom stereocenters. The highest BCUT2D eigenvalue weighted by Gasteiger charge is 2.26. The van der Waals surface area contributed by atoms with Crippen molar-refractivity contribution in [2.45, 2.75) is 20.5 Å². The molecule has 0 N–H and O–H groups in total. The summed E-state index contributed by atoms with van der Waals surface area (Å²) in [5.41, 5.74) is 3.99. The van der Waals surface area contributed by atoms with E-state index >= 15 is 0 Å². The van der Waals surface area contributed by atoms with Gasteiger partial charge in [0.05, 0.1) is 12.1 Å². The number of halogens is 2. The standard InChI is InChI=1S/C25H18I2N2O5/c1-14-4-3-5-16(8-14)13-33-23-19(26)9-17(10-20(23)27)11-21-25(30)34-24(28-21)18-7-6-15(2)22(12-18)29(31)32/h3-12H,13H2,1-2H3. The summed E-state index contributed by atoms with van der Waals surface area (Å²) in [6.45, 7) is 4.14. The van der Waals surface area contributed by atoms with Crippen LogP contribution < -0.4 is 4.74 Å². The van der Waals surface area contributed by atoms with Crippen molar-refractivity contribution in [3.05, 3.63) is 105 Å². The fraction of sp³-hybridized carbons (Fsp3) is 0.120. The van der Waals surface area contributed by atoms with Gasteiger partial charge in [-0.1, -0.05) is 35.9 Å². The predicted molar refractivity (Wildman–Crippen MR) is 146 cm³/mol. The van der Waals surface area contributed by atoms with Crippen LogP contribution in [0.2, 0.25) is 0 Å². The molecule has 0 radical (unpaired) electrons. The summed E-state index contributed by atoms with van der Waals surface area (Å²) in [5, 5.41) is 11.2. The Bertz CT molecular complexity index is 1360. The van der Waals surface area contributed by atoms with Crippen LogP contribution in [0.15, 0.2) is 65.3 Å². The summed E-state index contributed by atoms with van der Waals surface area (Å²) < 4.78 is 13.1. The number of aryl methyl sites for hydroxylation is 2. The molecule has 9 heteroatoms. The summed E-state index contributed by atoms with van der Waals surface area (Å²) in [4.78, 5) is 27.4. The molecule has 0 fully saturated rings. The van der Waals surface area contributed by atoms with Crippen LogP contribution in [-0.4, -0.2) is 16.8 Å². The first-order valence-corrected chi connectivity index (χ1v) is 12.3. The lowest BCUT2D eigenvalue weighted by Gasteiger charge is -2.12. The number of esters is 1. The minimum absolute atomic E-state index is 0.0434. The van der Waals surface area contributed by atoms with Gasteiger partial charge in [-0.2, -0.15) is 0 Å². The lowest BCUT2D eigenvalue weighted by molar-refractivity contribution is -0.385. The van der Waals surface area contributed by atoms with Gasteiger partial charge in [-0.3, -0.25) is 10.1 Å². The van der Waals surface area contributed by atoms with Crippen molar-refractivity contribution in [1.29, 1.82) is 0 Å². The normalized spacial score (nSPS) is 14.2. The number of nitrogens with zero attached hydrogens (tertiary/aromatic N) is 2. The average molecular weight is 680 g/mol. The highest BCUT2D eigenvalue weighted by Crippen LogP contribution is 2.31. The van der Waals surface area contributed by atoms with Crippen molar-refractivity contribution < 1.29 is 19.2 Å². The maximum atomic E-state index is 12.4. The minimum atomic E-state index is -0.608. The topological polar surface area (TPSA) is 91.0 Å². The van der Waals surface area contributed by atoms with Crippen LogP contribution in [0, 0.1) is 31.1 Å². The molecule has 4 rings (SSSR count). The number of aliphatic imine (C=N–C) groups is 1. The Morgan fingerprint density at radius 2 is 1.82 bits per heavy atom. The van der Waals surface area contributed by atoms with Gasteiger partial charge in [-0.25, -0.2) is 9.79 Å². The minimum Gasteiger partial charge on any atom is -0.487 e. The van der Waals surface area contributed by atoms with Crippen molar-refractivity contribution in [3.63, 3.8) is 0 Å². The number of hydrogen-bond acceptors (Lipinski definition) is 6. The molecule has 3 aromatic carbocycles. The van der Waals surface area contributed by atoms with E-state index in [9.17, 15) is 14.9 Å². The molecule has 34 heavy (non-hydrogen) atoms. The van der Waals surface area contributed by atoms with E-state index in [4.69, 9.17) is 9.47 Å². The van der Waals surface area contributed by atoms with Crippen molar-refractivity contribution in [1.82, 2.24) is 0 Å². The summed E-state index contributed by atoms with van der Waals surface area (Å²) in [6, 6.07) is 16.6. The van der Waals surface area contributed by atoms with Gasteiger partial charge in [0.25, 0.3) is 5.69 Å². The molecule has 0 spiro atoms. The Hall–Kier alpha value is -2.80. The van der Waals surface area contributed by atoms with Gasteiger partial charge in [0.2, 0.25) is 5.90 Å². The van der Waals surface area contributed by atoms with Gasteiger partial charge in [-0.05, 0) is 94.4 Å². The van der Waals surface area contributed by atoms with Crippen LogP contribution in [0.3, 0.4) is 0 Å². The molecule has 172 valence electrons. The molecule has 3 aromatic rings. The second-order valence-electron chi connectivity index (χ2n) is 7.69. The summed E-state index contributed by atoms with van der Waals surface area (Å²) >= 11 is 4.41. The number of ether oxygens (including phenoxy) is 2. The van der Waals surface area contributed by atoms with Gasteiger partial charge >= 0.3 is 5.97 Å². The number of carbonyl (C=O) groups excluding carboxylic acids is 1. The molecular weight excluding hydrogens is 662 g/mol. The molecule has 0 aliphatic carbocycles. The summed E-state index contributed by atoms with van der Waals surface area (Å²) in [5.74, 6) is 0.208. The number of rotatable bonds is 6. The largest absolute Gasteiger partial charge is 0.487 e. The smallest absolute Gasteiger partial charge is 0.363 e. The van der Waals surface area contributed by atoms with Crippen molar-refractivity contribution in [3.8, 4) is 5.75 Å². The number of cyclic esters (lactones) is 1. The second kappa shape index (κ2) is 10.2. The maximum Gasteiger partial charge on any atom is 0.363 e. The number of hydrogen-bond donors (Lipinski definition) is 0. The van der Waals surface area contributed by atoms with E-state index in [1.807, 2.05) is 37.3 Å². The Morgan fingerprint density at radius 1 is 1.09 bits per heavy atom. The third-order valence-corrected chi connectivity index (χ3v) is 6.67. The van der Waals surface area contributed by atoms with Gasteiger partial charge in [0.1, 0.15) is 12.4 Å². The Labute approximate surface area is 223 Å². The third kappa shape index (κ3) is 5.46. The second-order valence-corrected chi connectivity index (χ2v) is 10.0. The molecule has 0 amide bonds. The average Bonchev–Trinajstić information content (AvgIpc) is 3.13. The van der Waals surface area contributed by atoms with Crippen LogP contribution in [0.4, 0.5) is 5.69 Å². The number of nitro groups is 1. The van der Waals surface area contributed by atoms with E-state index in [-0.39, 0.29) is 17.3 Å². The first kappa shape index (κ1) is 24.3. The van der Waals surface area contributed by atoms with Gasteiger partial charge in [-0.15, -0.1) is 0 Å². The number of nitro benzene ring substituents is 1. The molecule has 1 heterocycles.